The topological polar surface area (TPSA) is 41.6 Å². The minimum atomic E-state index is 0.291. The van der Waals surface area contributed by atoms with Crippen LogP contribution < -0.4 is 5.32 Å². The Kier molecular flexibility index (Phi) is 6.13. The maximum absolute atomic E-state index is 12.0. The third-order valence-corrected chi connectivity index (χ3v) is 5.89. The molecule has 0 atom stereocenters. The van der Waals surface area contributed by atoms with Crippen LogP contribution >= 0.6 is 0 Å². The van der Waals surface area contributed by atoms with Crippen molar-refractivity contribution in [1.29, 1.82) is 0 Å². The van der Waals surface area contributed by atoms with Crippen molar-refractivity contribution in [2.45, 2.75) is 63.8 Å². The van der Waals surface area contributed by atoms with Gasteiger partial charge in [-0.2, -0.15) is 0 Å². The summed E-state index contributed by atoms with van der Waals surface area (Å²) in [5, 5.41) is 3.20. The maximum atomic E-state index is 12.0. The number of amides is 1. The number of carbonyl (C=O) groups excluding carboxylic acids is 1. The summed E-state index contributed by atoms with van der Waals surface area (Å²) in [7, 11) is 0. The molecule has 0 spiro atoms. The zero-order chi connectivity index (χ0) is 15.2. The van der Waals surface area contributed by atoms with Gasteiger partial charge < -0.3 is 15.0 Å². The number of likely N-dealkylation sites (tertiary alicyclic amines) is 1. The molecular formula is C18H32N2O2. The van der Waals surface area contributed by atoms with Crippen LogP contribution in [0.25, 0.3) is 0 Å². The number of ether oxygens (including phenoxy) is 1. The van der Waals surface area contributed by atoms with Crippen molar-refractivity contribution in [3.63, 3.8) is 0 Å². The standard InChI is InChI=1S/C18H32N2O2/c21-18(13-15-3-1-2-4-15)19-14-16-5-9-20(10-6-16)17-7-11-22-12-8-17/h15-17H,1-14H2,(H,19,21). The van der Waals surface area contributed by atoms with Gasteiger partial charge in [0.1, 0.15) is 0 Å². The second kappa shape index (κ2) is 8.30. The highest BCUT2D eigenvalue weighted by molar-refractivity contribution is 5.76. The molecule has 3 aliphatic rings. The Bertz CT molecular complexity index is 341. The first-order chi connectivity index (χ1) is 10.8. The average molecular weight is 308 g/mol. The highest BCUT2D eigenvalue weighted by atomic mass is 16.5. The molecule has 0 aromatic carbocycles. The summed E-state index contributed by atoms with van der Waals surface area (Å²) in [4.78, 5) is 14.7. The van der Waals surface area contributed by atoms with E-state index in [9.17, 15) is 4.79 Å². The zero-order valence-corrected chi connectivity index (χ0v) is 13.9. The van der Waals surface area contributed by atoms with Gasteiger partial charge >= 0.3 is 0 Å². The molecule has 22 heavy (non-hydrogen) atoms. The van der Waals surface area contributed by atoms with Crippen molar-refractivity contribution in [2.75, 3.05) is 32.8 Å². The Morgan fingerprint density at radius 1 is 0.955 bits per heavy atom. The molecule has 1 aliphatic carbocycles. The molecule has 3 fully saturated rings. The molecule has 1 saturated carbocycles. The molecule has 1 amide bonds. The minimum Gasteiger partial charge on any atom is -0.381 e. The maximum Gasteiger partial charge on any atom is 0.220 e. The molecular weight excluding hydrogens is 276 g/mol. The summed E-state index contributed by atoms with van der Waals surface area (Å²) < 4.78 is 5.46. The second-order valence-corrected chi connectivity index (χ2v) is 7.48. The second-order valence-electron chi connectivity index (χ2n) is 7.48. The first kappa shape index (κ1) is 16.3. The van der Waals surface area contributed by atoms with Crippen LogP contribution in [0.5, 0.6) is 0 Å². The van der Waals surface area contributed by atoms with Crippen LogP contribution in [0, 0.1) is 11.8 Å². The normalized spacial score (nSPS) is 26.4. The number of rotatable bonds is 5. The summed E-state index contributed by atoms with van der Waals surface area (Å²) in [5.74, 6) is 1.64. The molecule has 2 heterocycles. The smallest absolute Gasteiger partial charge is 0.220 e. The number of nitrogens with zero attached hydrogens (tertiary/aromatic N) is 1. The van der Waals surface area contributed by atoms with Gasteiger partial charge in [0.2, 0.25) is 5.91 Å². The average Bonchev–Trinajstić information content (AvgIpc) is 3.07. The van der Waals surface area contributed by atoms with Crippen molar-refractivity contribution in [2.24, 2.45) is 11.8 Å². The summed E-state index contributed by atoms with van der Waals surface area (Å²) in [6.45, 7) is 5.17. The molecule has 4 nitrogen and oxygen atoms in total. The van der Waals surface area contributed by atoms with Crippen LogP contribution in [-0.2, 0) is 9.53 Å². The molecule has 4 heteroatoms. The van der Waals surface area contributed by atoms with Gasteiger partial charge in [0, 0.05) is 32.2 Å². The number of carbonyl (C=O) groups is 1. The van der Waals surface area contributed by atoms with Gasteiger partial charge in [0.25, 0.3) is 0 Å². The fraction of sp³-hybridized carbons (Fsp3) is 0.944. The molecule has 0 bridgehead atoms. The van der Waals surface area contributed by atoms with Crippen LogP contribution in [0.3, 0.4) is 0 Å². The number of nitrogens with one attached hydrogen (secondary N) is 1. The van der Waals surface area contributed by atoms with Crippen molar-refractivity contribution in [3.8, 4) is 0 Å². The van der Waals surface area contributed by atoms with Crippen molar-refractivity contribution >= 4 is 5.91 Å². The summed E-state index contributed by atoms with van der Waals surface area (Å²) >= 11 is 0. The lowest BCUT2D eigenvalue weighted by Gasteiger charge is -2.39. The SMILES string of the molecule is O=C(CC1CCCC1)NCC1CCN(C2CCOCC2)CC1. The van der Waals surface area contributed by atoms with Crippen LogP contribution in [-0.4, -0.2) is 49.7 Å². The van der Waals surface area contributed by atoms with Gasteiger partial charge in [-0.05, 0) is 63.5 Å². The molecule has 2 saturated heterocycles. The van der Waals surface area contributed by atoms with Crippen LogP contribution in [0.1, 0.15) is 57.8 Å². The molecule has 2 aliphatic heterocycles. The van der Waals surface area contributed by atoms with Gasteiger partial charge in [-0.25, -0.2) is 0 Å². The summed E-state index contributed by atoms with van der Waals surface area (Å²) in [5.41, 5.74) is 0. The number of hydrogen-bond donors (Lipinski definition) is 1. The molecule has 0 radical (unpaired) electrons. The van der Waals surface area contributed by atoms with E-state index in [-0.39, 0.29) is 0 Å². The first-order valence-corrected chi connectivity index (χ1v) is 9.40. The van der Waals surface area contributed by atoms with Crippen LogP contribution in [0.15, 0.2) is 0 Å². The Balaban J connectivity index is 1.30. The lowest BCUT2D eigenvalue weighted by Crippen LogP contribution is -2.45. The largest absolute Gasteiger partial charge is 0.381 e. The molecule has 0 unspecified atom stereocenters. The Labute approximate surface area is 135 Å². The van der Waals surface area contributed by atoms with Gasteiger partial charge in [-0.15, -0.1) is 0 Å². The summed E-state index contributed by atoms with van der Waals surface area (Å²) in [6, 6.07) is 0.742. The van der Waals surface area contributed by atoms with E-state index in [2.05, 4.69) is 10.2 Å². The van der Waals surface area contributed by atoms with E-state index in [0.717, 1.165) is 32.2 Å². The van der Waals surface area contributed by atoms with E-state index in [1.54, 1.807) is 0 Å². The Morgan fingerprint density at radius 3 is 2.32 bits per heavy atom. The van der Waals surface area contributed by atoms with Crippen molar-refractivity contribution in [3.05, 3.63) is 0 Å². The molecule has 1 N–H and O–H groups in total. The molecule has 0 aromatic heterocycles. The van der Waals surface area contributed by atoms with Gasteiger partial charge in [0.15, 0.2) is 0 Å². The van der Waals surface area contributed by atoms with Gasteiger partial charge in [-0.1, -0.05) is 12.8 Å². The van der Waals surface area contributed by atoms with Crippen molar-refractivity contribution < 1.29 is 9.53 Å². The first-order valence-electron chi connectivity index (χ1n) is 9.40. The Hall–Kier alpha value is -0.610. The summed E-state index contributed by atoms with van der Waals surface area (Å²) in [6.07, 6.45) is 10.8. The van der Waals surface area contributed by atoms with Crippen LogP contribution in [0.2, 0.25) is 0 Å². The lowest BCUT2D eigenvalue weighted by atomic mass is 9.94. The monoisotopic (exact) mass is 308 g/mol. The fourth-order valence-electron chi connectivity index (χ4n) is 4.38. The van der Waals surface area contributed by atoms with Crippen molar-refractivity contribution in [1.82, 2.24) is 10.2 Å². The predicted octanol–water partition coefficient (Wildman–Crippen LogP) is 2.57. The Morgan fingerprint density at radius 2 is 1.64 bits per heavy atom. The van der Waals surface area contributed by atoms with Crippen LogP contribution in [0.4, 0.5) is 0 Å². The van der Waals surface area contributed by atoms with E-state index in [0.29, 0.717) is 17.7 Å². The highest BCUT2D eigenvalue weighted by Gasteiger charge is 2.26. The molecule has 3 rings (SSSR count). The third kappa shape index (κ3) is 4.69. The predicted molar refractivity (Wildman–Crippen MR) is 87.7 cm³/mol. The van der Waals surface area contributed by atoms with E-state index in [1.807, 2.05) is 0 Å². The molecule has 126 valence electrons. The number of hydrogen-bond acceptors (Lipinski definition) is 3. The molecule has 0 aromatic rings. The van der Waals surface area contributed by atoms with E-state index >= 15 is 0 Å². The third-order valence-electron chi connectivity index (χ3n) is 5.89. The number of piperidine rings is 1. The van der Waals surface area contributed by atoms with E-state index < -0.39 is 0 Å². The van der Waals surface area contributed by atoms with E-state index in [1.165, 1.54) is 64.5 Å². The van der Waals surface area contributed by atoms with E-state index in [4.69, 9.17) is 4.74 Å². The zero-order valence-electron chi connectivity index (χ0n) is 13.9. The van der Waals surface area contributed by atoms with Gasteiger partial charge in [-0.3, -0.25) is 4.79 Å². The lowest BCUT2D eigenvalue weighted by molar-refractivity contribution is -0.122. The highest BCUT2D eigenvalue weighted by Crippen LogP contribution is 2.27. The fourth-order valence-corrected chi connectivity index (χ4v) is 4.38. The minimum absolute atomic E-state index is 0.291. The van der Waals surface area contributed by atoms with Gasteiger partial charge in [0.05, 0.1) is 0 Å². The quantitative estimate of drug-likeness (QED) is 0.849.